The molecule has 3 aromatic rings. The number of phenols is 1. The molecule has 1 aliphatic rings. The van der Waals surface area contributed by atoms with Crippen LogP contribution >= 0.6 is 0 Å². The summed E-state index contributed by atoms with van der Waals surface area (Å²) in [6.07, 6.45) is 6.04. The first-order valence-electron chi connectivity index (χ1n) is 12.8. The van der Waals surface area contributed by atoms with Gasteiger partial charge < -0.3 is 15.0 Å². The van der Waals surface area contributed by atoms with Crippen molar-refractivity contribution >= 4 is 16.8 Å². The summed E-state index contributed by atoms with van der Waals surface area (Å²) in [5.74, 6) is 1.63. The maximum atomic E-state index is 10.8. The Hall–Kier alpha value is -2.66. The van der Waals surface area contributed by atoms with Crippen molar-refractivity contribution in [3.8, 4) is 17.1 Å². The van der Waals surface area contributed by atoms with Crippen LogP contribution in [-0.2, 0) is 4.79 Å². The lowest BCUT2D eigenvalue weighted by Crippen LogP contribution is -2.17. The third-order valence-electron chi connectivity index (χ3n) is 6.40. The number of fused-ring (bicyclic) bond motifs is 1. The van der Waals surface area contributed by atoms with Crippen LogP contribution in [0, 0.1) is 19.8 Å². The zero-order chi connectivity index (χ0) is 25.1. The zero-order valence-corrected chi connectivity index (χ0v) is 21.9. The molecule has 186 valence electrons. The van der Waals surface area contributed by atoms with Crippen LogP contribution in [0.5, 0.6) is 5.75 Å². The minimum absolute atomic E-state index is 0.247. The Morgan fingerprint density at radius 1 is 1.06 bits per heavy atom. The van der Waals surface area contributed by atoms with E-state index in [2.05, 4.69) is 41.7 Å². The number of ketones is 1. The molecule has 5 nitrogen and oxygen atoms in total. The number of hydrogen-bond acceptors (Lipinski definition) is 4. The summed E-state index contributed by atoms with van der Waals surface area (Å²) in [5.41, 5.74) is 4.93. The van der Waals surface area contributed by atoms with Crippen molar-refractivity contribution in [2.24, 2.45) is 5.92 Å². The number of imidazole rings is 1. The van der Waals surface area contributed by atoms with E-state index >= 15 is 0 Å². The highest BCUT2D eigenvalue weighted by atomic mass is 16.3. The van der Waals surface area contributed by atoms with Crippen LogP contribution < -0.4 is 0 Å². The predicted molar refractivity (Wildman–Crippen MR) is 143 cm³/mol. The summed E-state index contributed by atoms with van der Waals surface area (Å²) in [6, 6.07) is 11.6. The highest BCUT2D eigenvalue weighted by molar-refractivity contribution is 5.81. The van der Waals surface area contributed by atoms with Gasteiger partial charge in [-0.25, -0.2) is 4.98 Å². The van der Waals surface area contributed by atoms with Crippen LogP contribution in [0.2, 0.25) is 0 Å². The monoisotopic (exact) mass is 465 g/mol. The summed E-state index contributed by atoms with van der Waals surface area (Å²) in [5, 5.41) is 9.91. The zero-order valence-electron chi connectivity index (χ0n) is 21.9. The molecule has 1 aromatic heterocycles. The summed E-state index contributed by atoms with van der Waals surface area (Å²) >= 11 is 0. The van der Waals surface area contributed by atoms with Crippen LogP contribution in [0.15, 0.2) is 36.4 Å². The normalized spacial score (nSPS) is 14.2. The Morgan fingerprint density at radius 3 is 2.24 bits per heavy atom. The number of hydrogen-bond donors (Lipinski definition) is 2. The topological polar surface area (TPSA) is 69.2 Å². The van der Waals surface area contributed by atoms with E-state index in [9.17, 15) is 9.90 Å². The Bertz CT molecular complexity index is 1040. The molecule has 1 fully saturated rings. The number of carbonyl (C=O) groups is 1. The number of aromatic nitrogens is 2. The number of rotatable bonds is 6. The number of carbonyl (C=O) groups excluding carboxylic acids is 1. The van der Waals surface area contributed by atoms with Crippen molar-refractivity contribution in [3.05, 3.63) is 47.5 Å². The van der Waals surface area contributed by atoms with E-state index in [1.165, 1.54) is 38.0 Å². The molecule has 34 heavy (non-hydrogen) atoms. The summed E-state index contributed by atoms with van der Waals surface area (Å²) in [6.45, 7) is 16.1. The fraction of sp³-hybridized carbons (Fsp3) is 0.517. The van der Waals surface area contributed by atoms with Gasteiger partial charge in [-0.3, -0.25) is 4.79 Å². The number of aromatic amines is 1. The third-order valence-corrected chi connectivity index (χ3v) is 6.40. The van der Waals surface area contributed by atoms with E-state index in [0.29, 0.717) is 17.5 Å². The lowest BCUT2D eigenvalue weighted by Gasteiger charge is -2.08. The molecule has 0 spiro atoms. The number of phenolic OH excluding ortho intramolecular Hbond substituents is 1. The number of likely N-dealkylation sites (tertiary alicyclic amines) is 1. The van der Waals surface area contributed by atoms with Crippen LogP contribution in [0.4, 0.5) is 0 Å². The Morgan fingerprint density at radius 2 is 1.71 bits per heavy atom. The molecule has 1 atom stereocenters. The average molecular weight is 466 g/mol. The van der Waals surface area contributed by atoms with Gasteiger partial charge in [0, 0.05) is 5.92 Å². The van der Waals surface area contributed by atoms with Crippen molar-refractivity contribution < 1.29 is 9.90 Å². The van der Waals surface area contributed by atoms with E-state index in [-0.39, 0.29) is 5.75 Å². The lowest BCUT2D eigenvalue weighted by atomic mass is 9.97. The largest absolute Gasteiger partial charge is 0.507 e. The van der Waals surface area contributed by atoms with Crippen LogP contribution in [-0.4, -0.2) is 45.4 Å². The maximum absolute atomic E-state index is 10.8. The van der Waals surface area contributed by atoms with E-state index in [4.69, 9.17) is 0 Å². The minimum atomic E-state index is 0.247. The second-order valence-corrected chi connectivity index (χ2v) is 9.27. The molecule has 0 saturated carbocycles. The quantitative estimate of drug-likeness (QED) is 0.409. The molecule has 0 bridgehead atoms. The molecule has 1 unspecified atom stereocenters. The Balaban J connectivity index is 0.000000213. The molecular weight excluding hydrogens is 422 g/mol. The highest BCUT2D eigenvalue weighted by Gasteiger charge is 2.10. The van der Waals surface area contributed by atoms with E-state index in [0.717, 1.165) is 41.4 Å². The molecule has 2 aromatic carbocycles. The molecular formula is C29H43N3O2. The van der Waals surface area contributed by atoms with Crippen molar-refractivity contribution in [2.75, 3.05) is 19.6 Å². The molecule has 4 rings (SSSR count). The van der Waals surface area contributed by atoms with Gasteiger partial charge in [0.1, 0.15) is 17.4 Å². The molecule has 0 aliphatic carbocycles. The van der Waals surface area contributed by atoms with E-state index in [1.807, 2.05) is 38.1 Å². The van der Waals surface area contributed by atoms with Gasteiger partial charge in [0.15, 0.2) is 0 Å². The molecule has 1 saturated heterocycles. The number of nitrogens with zero attached hydrogens (tertiary/aromatic N) is 2. The predicted octanol–water partition coefficient (Wildman–Crippen LogP) is 7.06. The van der Waals surface area contributed by atoms with Crippen LogP contribution in [0.3, 0.4) is 0 Å². The first-order valence-corrected chi connectivity index (χ1v) is 12.8. The standard InChI is InChI=1S/C15H14N2O.C8H16O.C6H13N/c1-9-4-6-14(18)11(7-9)15-16-12-5-3-10(2)8-13(12)17-15;1-4-6-8(5-2)7(3)9;1-2-7-5-3-4-6-7/h3-8,18H,1-2H3,(H,16,17);8H,4-6H2,1-3H3;2-6H2,1H3. The molecule has 2 N–H and O–H groups in total. The molecule has 0 amide bonds. The van der Waals surface area contributed by atoms with Gasteiger partial charge in [-0.1, -0.05) is 44.9 Å². The fourth-order valence-corrected chi connectivity index (χ4v) is 4.23. The van der Waals surface area contributed by atoms with Gasteiger partial charge in [-0.15, -0.1) is 0 Å². The van der Waals surface area contributed by atoms with Gasteiger partial charge in [-0.2, -0.15) is 0 Å². The number of aromatic hydroxyl groups is 1. The van der Waals surface area contributed by atoms with Gasteiger partial charge in [0.25, 0.3) is 0 Å². The van der Waals surface area contributed by atoms with Crippen molar-refractivity contribution in [3.63, 3.8) is 0 Å². The Labute approximate surface area is 205 Å². The average Bonchev–Trinajstić information content (AvgIpc) is 3.49. The molecule has 0 radical (unpaired) electrons. The fourth-order valence-electron chi connectivity index (χ4n) is 4.23. The number of Topliss-reactive ketones (excluding diaryl/α,β-unsaturated/α-hetero) is 1. The third kappa shape index (κ3) is 8.28. The number of aryl methyl sites for hydroxylation is 2. The number of H-pyrrole nitrogens is 1. The van der Waals surface area contributed by atoms with Crippen LogP contribution in [0.25, 0.3) is 22.4 Å². The smallest absolute Gasteiger partial charge is 0.142 e. The highest BCUT2D eigenvalue weighted by Crippen LogP contribution is 2.29. The van der Waals surface area contributed by atoms with Crippen molar-refractivity contribution in [1.82, 2.24) is 14.9 Å². The van der Waals surface area contributed by atoms with Crippen molar-refractivity contribution in [1.29, 1.82) is 0 Å². The first-order chi connectivity index (χ1) is 16.3. The summed E-state index contributed by atoms with van der Waals surface area (Å²) in [7, 11) is 0. The minimum Gasteiger partial charge on any atom is -0.507 e. The lowest BCUT2D eigenvalue weighted by molar-refractivity contribution is -0.121. The molecule has 1 aliphatic heterocycles. The molecule has 5 heteroatoms. The summed E-state index contributed by atoms with van der Waals surface area (Å²) < 4.78 is 0. The van der Waals surface area contributed by atoms with Crippen molar-refractivity contribution in [2.45, 2.75) is 73.6 Å². The second-order valence-electron chi connectivity index (χ2n) is 9.27. The van der Waals surface area contributed by atoms with Gasteiger partial charge in [0.2, 0.25) is 0 Å². The van der Waals surface area contributed by atoms with Crippen LogP contribution in [0.1, 0.15) is 70.9 Å². The van der Waals surface area contributed by atoms with Gasteiger partial charge in [-0.05, 0) is 95.9 Å². The van der Waals surface area contributed by atoms with Gasteiger partial charge in [0.05, 0.1) is 16.6 Å². The van der Waals surface area contributed by atoms with E-state index in [1.54, 1.807) is 13.0 Å². The Kier molecular flexibility index (Phi) is 11.3. The SMILES string of the molecule is CCCC(CC)C(C)=O.CCN1CCCC1.Cc1ccc(O)c(-c2nc3ccc(C)cc3[nH]2)c1. The maximum Gasteiger partial charge on any atom is 0.142 e. The first kappa shape index (κ1) is 27.6. The number of benzene rings is 2. The number of nitrogens with one attached hydrogen (secondary N) is 1. The molecule has 2 heterocycles. The second kappa shape index (κ2) is 13.9. The van der Waals surface area contributed by atoms with Gasteiger partial charge >= 0.3 is 0 Å². The summed E-state index contributed by atoms with van der Waals surface area (Å²) in [4.78, 5) is 21.0. The van der Waals surface area contributed by atoms with E-state index < -0.39 is 0 Å².